The van der Waals surface area contributed by atoms with E-state index in [1.54, 1.807) is 18.2 Å². The molecule has 0 amide bonds. The van der Waals surface area contributed by atoms with Gasteiger partial charge in [-0.25, -0.2) is 0 Å². The van der Waals surface area contributed by atoms with E-state index in [0.29, 0.717) is 22.9 Å². The summed E-state index contributed by atoms with van der Waals surface area (Å²) in [5, 5.41) is 0. The smallest absolute Gasteiger partial charge is 0.129 e. The second-order valence-corrected chi connectivity index (χ2v) is 5.90. The van der Waals surface area contributed by atoms with Crippen LogP contribution >= 0.6 is 0 Å². The van der Waals surface area contributed by atoms with Gasteiger partial charge in [-0.1, -0.05) is 13.3 Å². The van der Waals surface area contributed by atoms with Gasteiger partial charge >= 0.3 is 0 Å². The summed E-state index contributed by atoms with van der Waals surface area (Å²) >= 11 is 0. The molecule has 1 heterocycles. The average molecular weight is 337 g/mol. The summed E-state index contributed by atoms with van der Waals surface area (Å²) in [6.45, 7) is 2.15. The zero-order valence-corrected chi connectivity index (χ0v) is 14.2. The van der Waals surface area contributed by atoms with Crippen molar-refractivity contribution < 1.29 is 9.47 Å². The summed E-state index contributed by atoms with van der Waals surface area (Å²) in [5.74, 6) is 2.17. The third kappa shape index (κ3) is 4.26. The third-order valence-corrected chi connectivity index (χ3v) is 3.94. The molecule has 3 aromatic rings. The fraction of sp³-hybridized carbons (Fsp3) is 0.200. The summed E-state index contributed by atoms with van der Waals surface area (Å²) in [6, 6.07) is 14.8. The first kappa shape index (κ1) is 16.8. The molecule has 0 saturated heterocycles. The Kier molecular flexibility index (Phi) is 5.14. The predicted octanol–water partition coefficient (Wildman–Crippen LogP) is 4.89. The van der Waals surface area contributed by atoms with Crippen LogP contribution in [0.2, 0.25) is 0 Å². The maximum atomic E-state index is 6.13. The molecule has 0 aliphatic heterocycles. The molecule has 0 bridgehead atoms. The Hall–Kier alpha value is -3.08. The van der Waals surface area contributed by atoms with Crippen LogP contribution < -0.4 is 20.9 Å². The number of nitrogens with two attached hydrogens (primary N) is 2. The van der Waals surface area contributed by atoms with Crippen molar-refractivity contribution in [2.24, 2.45) is 0 Å². The van der Waals surface area contributed by atoms with Crippen molar-refractivity contribution in [3.63, 3.8) is 0 Å². The summed E-state index contributed by atoms with van der Waals surface area (Å²) in [7, 11) is 0. The van der Waals surface area contributed by atoms with Crippen LogP contribution in [-0.4, -0.2) is 4.98 Å². The minimum absolute atomic E-state index is 0.0416. The zero-order valence-electron chi connectivity index (χ0n) is 14.2. The molecule has 1 aromatic heterocycles. The zero-order chi connectivity index (χ0) is 17.6. The van der Waals surface area contributed by atoms with E-state index in [9.17, 15) is 0 Å². The summed E-state index contributed by atoms with van der Waals surface area (Å²) in [4.78, 5) is 3.08. The topological polar surface area (TPSA) is 86.3 Å². The van der Waals surface area contributed by atoms with Gasteiger partial charge in [-0.15, -0.1) is 0 Å². The first-order chi connectivity index (χ1) is 12.2. The molecule has 130 valence electrons. The van der Waals surface area contributed by atoms with Crippen LogP contribution in [0.4, 0.5) is 11.4 Å². The van der Waals surface area contributed by atoms with Gasteiger partial charge in [0.25, 0.3) is 0 Å². The molecule has 0 fully saturated rings. The number of nitrogen functional groups attached to an aromatic ring is 2. The molecule has 0 radical (unpaired) electrons. The molecule has 0 aliphatic carbocycles. The second-order valence-electron chi connectivity index (χ2n) is 5.90. The lowest BCUT2D eigenvalue weighted by Gasteiger charge is -2.18. The molecule has 1 unspecified atom stereocenters. The van der Waals surface area contributed by atoms with Gasteiger partial charge in [0.2, 0.25) is 0 Å². The Morgan fingerprint density at radius 2 is 1.64 bits per heavy atom. The standard InChI is InChI=1S/C20H23N3O2/c1-2-3-20(14-10-11-23-13-14)25-16-6-4-15(5-7-16)24-17-8-9-18(21)19(22)12-17/h4-13,20,23H,2-3,21-22H2,1H3. The lowest BCUT2D eigenvalue weighted by molar-refractivity contribution is 0.194. The van der Waals surface area contributed by atoms with Crippen molar-refractivity contribution >= 4 is 11.4 Å². The number of benzene rings is 2. The van der Waals surface area contributed by atoms with Gasteiger partial charge in [0.05, 0.1) is 11.4 Å². The first-order valence-electron chi connectivity index (χ1n) is 8.38. The SMILES string of the molecule is CCCC(Oc1ccc(Oc2ccc(N)c(N)c2)cc1)c1cc[nH]c1. The van der Waals surface area contributed by atoms with Crippen LogP contribution in [0.1, 0.15) is 31.4 Å². The Labute approximate surface area is 147 Å². The minimum atomic E-state index is 0.0416. The fourth-order valence-corrected chi connectivity index (χ4v) is 2.60. The number of hydrogen-bond donors (Lipinski definition) is 3. The number of aromatic amines is 1. The number of nitrogens with one attached hydrogen (secondary N) is 1. The Balaban J connectivity index is 1.67. The maximum absolute atomic E-state index is 6.13. The highest BCUT2D eigenvalue weighted by atomic mass is 16.5. The maximum Gasteiger partial charge on any atom is 0.129 e. The van der Waals surface area contributed by atoms with Crippen molar-refractivity contribution in [2.45, 2.75) is 25.9 Å². The van der Waals surface area contributed by atoms with Crippen molar-refractivity contribution in [3.8, 4) is 17.2 Å². The highest BCUT2D eigenvalue weighted by molar-refractivity contribution is 5.65. The van der Waals surface area contributed by atoms with Crippen LogP contribution in [0, 0.1) is 0 Å². The molecule has 25 heavy (non-hydrogen) atoms. The number of anilines is 2. The highest BCUT2D eigenvalue weighted by Gasteiger charge is 2.13. The molecule has 2 aromatic carbocycles. The second kappa shape index (κ2) is 7.66. The number of aromatic nitrogens is 1. The normalized spacial score (nSPS) is 11.9. The largest absolute Gasteiger partial charge is 0.486 e. The lowest BCUT2D eigenvalue weighted by Crippen LogP contribution is -2.06. The Morgan fingerprint density at radius 1 is 0.920 bits per heavy atom. The summed E-state index contributed by atoms with van der Waals surface area (Å²) < 4.78 is 11.9. The number of hydrogen-bond acceptors (Lipinski definition) is 4. The molecule has 1 atom stereocenters. The third-order valence-electron chi connectivity index (χ3n) is 3.94. The van der Waals surface area contributed by atoms with E-state index in [1.807, 2.05) is 42.7 Å². The van der Waals surface area contributed by atoms with E-state index in [0.717, 1.165) is 24.2 Å². The van der Waals surface area contributed by atoms with Gasteiger partial charge in [0.1, 0.15) is 23.4 Å². The van der Waals surface area contributed by atoms with Crippen molar-refractivity contribution in [1.29, 1.82) is 0 Å². The number of ether oxygens (including phenoxy) is 2. The quantitative estimate of drug-likeness (QED) is 0.536. The number of H-pyrrole nitrogens is 1. The van der Waals surface area contributed by atoms with Gasteiger partial charge in [-0.2, -0.15) is 0 Å². The van der Waals surface area contributed by atoms with Gasteiger partial charge in [-0.05, 0) is 48.9 Å². The van der Waals surface area contributed by atoms with E-state index in [4.69, 9.17) is 20.9 Å². The Morgan fingerprint density at radius 3 is 2.28 bits per heavy atom. The monoisotopic (exact) mass is 337 g/mol. The summed E-state index contributed by atoms with van der Waals surface area (Å²) in [6.07, 6.45) is 5.94. The van der Waals surface area contributed by atoms with Crippen molar-refractivity contribution in [1.82, 2.24) is 4.98 Å². The predicted molar refractivity (Wildman–Crippen MR) is 101 cm³/mol. The molecular formula is C20H23N3O2. The molecule has 0 saturated carbocycles. The van der Waals surface area contributed by atoms with Crippen LogP contribution in [0.25, 0.3) is 0 Å². The molecule has 3 rings (SSSR count). The van der Waals surface area contributed by atoms with E-state index < -0.39 is 0 Å². The van der Waals surface area contributed by atoms with Gasteiger partial charge in [0.15, 0.2) is 0 Å². The lowest BCUT2D eigenvalue weighted by atomic mass is 10.1. The molecule has 0 spiro atoms. The van der Waals surface area contributed by atoms with Gasteiger partial charge in [0, 0.05) is 24.0 Å². The van der Waals surface area contributed by atoms with Gasteiger partial charge < -0.3 is 25.9 Å². The molecule has 5 nitrogen and oxygen atoms in total. The Bertz CT molecular complexity index is 798. The molecule has 5 heteroatoms. The van der Waals surface area contributed by atoms with Crippen molar-refractivity contribution in [3.05, 3.63) is 66.5 Å². The van der Waals surface area contributed by atoms with Gasteiger partial charge in [-0.3, -0.25) is 0 Å². The average Bonchev–Trinajstić information content (AvgIpc) is 3.14. The van der Waals surface area contributed by atoms with Crippen LogP contribution in [0.15, 0.2) is 60.9 Å². The van der Waals surface area contributed by atoms with Crippen LogP contribution in [0.3, 0.4) is 0 Å². The van der Waals surface area contributed by atoms with Crippen LogP contribution in [-0.2, 0) is 0 Å². The highest BCUT2D eigenvalue weighted by Crippen LogP contribution is 2.30. The van der Waals surface area contributed by atoms with Crippen LogP contribution in [0.5, 0.6) is 17.2 Å². The molecule has 0 aliphatic rings. The van der Waals surface area contributed by atoms with E-state index >= 15 is 0 Å². The van der Waals surface area contributed by atoms with E-state index in [2.05, 4.69) is 11.9 Å². The van der Waals surface area contributed by atoms with Crippen molar-refractivity contribution in [2.75, 3.05) is 11.5 Å². The number of rotatable bonds is 7. The van der Waals surface area contributed by atoms with E-state index in [1.165, 1.54) is 0 Å². The molecule has 5 N–H and O–H groups in total. The molecular weight excluding hydrogens is 314 g/mol. The fourth-order valence-electron chi connectivity index (χ4n) is 2.60. The van der Waals surface area contributed by atoms with E-state index in [-0.39, 0.29) is 6.10 Å². The summed E-state index contributed by atoms with van der Waals surface area (Å²) in [5.41, 5.74) is 13.7. The first-order valence-corrected chi connectivity index (χ1v) is 8.38. The minimum Gasteiger partial charge on any atom is -0.486 e.